The number of rotatable bonds is 7. The van der Waals surface area contributed by atoms with E-state index in [1.165, 1.54) is 0 Å². The zero-order valence-corrected chi connectivity index (χ0v) is 14.7. The van der Waals surface area contributed by atoms with Gasteiger partial charge < -0.3 is 15.0 Å². The summed E-state index contributed by atoms with van der Waals surface area (Å²) in [6.07, 6.45) is 3.10. The number of nitrogens with zero attached hydrogens (tertiary/aromatic N) is 1. The molecule has 1 aliphatic heterocycles. The first-order valence-electron chi connectivity index (χ1n) is 7.47. The van der Waals surface area contributed by atoms with Gasteiger partial charge in [-0.2, -0.15) is 0 Å². The Bertz CT molecular complexity index is 513. The van der Waals surface area contributed by atoms with Gasteiger partial charge in [0.05, 0.1) is 17.2 Å². The number of halogens is 1. The summed E-state index contributed by atoms with van der Waals surface area (Å²) in [5, 5.41) is 3.52. The van der Waals surface area contributed by atoms with Crippen molar-refractivity contribution in [2.24, 2.45) is 5.92 Å². The van der Waals surface area contributed by atoms with Crippen LogP contribution in [0.2, 0.25) is 5.02 Å². The number of likely N-dealkylation sites (tertiary alicyclic amines) is 1. The first kappa shape index (κ1) is 17.6. The number of carbonyl (C=O) groups excluding carboxylic acids is 1. The van der Waals surface area contributed by atoms with Crippen LogP contribution in [0.5, 0.6) is 0 Å². The number of carbonyl (C=O) groups is 1. The molecule has 2 rings (SSSR count). The van der Waals surface area contributed by atoms with Crippen LogP contribution in [0.4, 0.5) is 0 Å². The normalized spacial score (nSPS) is 18.6. The Labute approximate surface area is 141 Å². The number of hydrogen-bond donors (Lipinski definition) is 1. The van der Waals surface area contributed by atoms with E-state index in [9.17, 15) is 4.79 Å². The Morgan fingerprint density at radius 2 is 2.36 bits per heavy atom. The second-order valence-electron chi connectivity index (χ2n) is 5.50. The Hall–Kier alpha value is -0.750. The quantitative estimate of drug-likeness (QED) is 0.774. The minimum absolute atomic E-state index is 0.0868. The van der Waals surface area contributed by atoms with Gasteiger partial charge in [-0.15, -0.1) is 11.8 Å². The number of hydrogen-bond acceptors (Lipinski definition) is 4. The number of thioether (sulfide) groups is 1. The largest absolute Gasteiger partial charge is 0.383 e. The van der Waals surface area contributed by atoms with Crippen molar-refractivity contribution in [2.45, 2.75) is 11.3 Å². The average molecular weight is 343 g/mol. The molecular formula is C16H23ClN2O2S. The number of ether oxygens (including phenoxy) is 1. The maximum atomic E-state index is 12.3. The lowest BCUT2D eigenvalue weighted by Gasteiger charge is -2.16. The Balaban J connectivity index is 1.83. The SMILES string of the molecule is COCCN1CC[C@H](CNC(=O)c2cc(SC)ccc2Cl)C1. The maximum absolute atomic E-state index is 12.3. The summed E-state index contributed by atoms with van der Waals surface area (Å²) < 4.78 is 5.10. The minimum Gasteiger partial charge on any atom is -0.383 e. The Morgan fingerprint density at radius 1 is 1.55 bits per heavy atom. The molecule has 0 aliphatic carbocycles. The van der Waals surface area contributed by atoms with Crippen molar-refractivity contribution in [1.82, 2.24) is 10.2 Å². The van der Waals surface area contributed by atoms with Crippen molar-refractivity contribution in [1.29, 1.82) is 0 Å². The van der Waals surface area contributed by atoms with Gasteiger partial charge in [0.15, 0.2) is 0 Å². The monoisotopic (exact) mass is 342 g/mol. The zero-order valence-electron chi connectivity index (χ0n) is 13.1. The molecule has 1 aliphatic rings. The summed E-state index contributed by atoms with van der Waals surface area (Å²) in [4.78, 5) is 15.7. The van der Waals surface area contributed by atoms with Crippen LogP contribution in [0.25, 0.3) is 0 Å². The molecule has 1 saturated heterocycles. The predicted molar refractivity (Wildman–Crippen MR) is 92.0 cm³/mol. The fraction of sp³-hybridized carbons (Fsp3) is 0.562. The first-order chi connectivity index (χ1) is 10.6. The molecule has 6 heteroatoms. The highest BCUT2D eigenvalue weighted by Gasteiger charge is 2.23. The molecule has 4 nitrogen and oxygen atoms in total. The smallest absolute Gasteiger partial charge is 0.252 e. The van der Waals surface area contributed by atoms with Gasteiger partial charge in [-0.25, -0.2) is 0 Å². The third kappa shape index (κ3) is 4.88. The van der Waals surface area contributed by atoms with E-state index in [1.807, 2.05) is 18.4 Å². The summed E-state index contributed by atoms with van der Waals surface area (Å²) in [6, 6.07) is 5.56. The van der Waals surface area contributed by atoms with E-state index in [-0.39, 0.29) is 5.91 Å². The van der Waals surface area contributed by atoms with Gasteiger partial charge in [0.2, 0.25) is 0 Å². The van der Waals surface area contributed by atoms with Gasteiger partial charge in [0, 0.05) is 31.6 Å². The molecule has 1 fully saturated rings. The molecule has 0 unspecified atom stereocenters. The predicted octanol–water partition coefficient (Wildman–Crippen LogP) is 2.76. The third-order valence-corrected chi connectivity index (χ3v) is 5.01. The highest BCUT2D eigenvalue weighted by atomic mass is 35.5. The fourth-order valence-corrected chi connectivity index (χ4v) is 3.28. The van der Waals surface area contributed by atoms with E-state index in [0.29, 0.717) is 23.0 Å². The van der Waals surface area contributed by atoms with Crippen LogP contribution in [0.15, 0.2) is 23.1 Å². The second-order valence-corrected chi connectivity index (χ2v) is 6.79. The van der Waals surface area contributed by atoms with E-state index >= 15 is 0 Å². The highest BCUT2D eigenvalue weighted by Crippen LogP contribution is 2.23. The fourth-order valence-electron chi connectivity index (χ4n) is 2.64. The van der Waals surface area contributed by atoms with Gasteiger partial charge in [0.1, 0.15) is 0 Å². The lowest BCUT2D eigenvalue weighted by Crippen LogP contribution is -2.32. The molecule has 0 aromatic heterocycles. The number of amides is 1. The van der Waals surface area contributed by atoms with Crippen molar-refractivity contribution >= 4 is 29.3 Å². The van der Waals surface area contributed by atoms with Crippen molar-refractivity contribution in [2.75, 3.05) is 46.2 Å². The van der Waals surface area contributed by atoms with E-state index in [0.717, 1.165) is 37.6 Å². The van der Waals surface area contributed by atoms with Crippen molar-refractivity contribution in [3.63, 3.8) is 0 Å². The molecule has 1 aromatic rings. The molecule has 122 valence electrons. The molecule has 0 radical (unpaired) electrons. The summed E-state index contributed by atoms with van der Waals surface area (Å²) in [6.45, 7) is 4.51. The van der Waals surface area contributed by atoms with E-state index in [2.05, 4.69) is 10.2 Å². The summed E-state index contributed by atoms with van der Waals surface area (Å²) >= 11 is 7.73. The minimum atomic E-state index is -0.0868. The summed E-state index contributed by atoms with van der Waals surface area (Å²) in [5.74, 6) is 0.416. The van der Waals surface area contributed by atoms with Crippen LogP contribution in [0.3, 0.4) is 0 Å². The first-order valence-corrected chi connectivity index (χ1v) is 9.07. The van der Waals surface area contributed by atoms with Crippen LogP contribution < -0.4 is 5.32 Å². The van der Waals surface area contributed by atoms with Crippen molar-refractivity contribution < 1.29 is 9.53 Å². The Morgan fingerprint density at radius 3 is 3.09 bits per heavy atom. The lowest BCUT2D eigenvalue weighted by atomic mass is 10.1. The number of nitrogens with one attached hydrogen (secondary N) is 1. The summed E-state index contributed by atoms with van der Waals surface area (Å²) in [5.41, 5.74) is 0.558. The van der Waals surface area contributed by atoms with Crippen molar-refractivity contribution in [3.8, 4) is 0 Å². The second kappa shape index (κ2) is 8.77. The maximum Gasteiger partial charge on any atom is 0.252 e. The van der Waals surface area contributed by atoms with Gasteiger partial charge in [-0.05, 0) is 43.3 Å². The number of benzene rings is 1. The molecule has 22 heavy (non-hydrogen) atoms. The zero-order chi connectivity index (χ0) is 15.9. The molecule has 0 saturated carbocycles. The topological polar surface area (TPSA) is 41.6 Å². The molecule has 0 bridgehead atoms. The van der Waals surface area contributed by atoms with E-state index in [1.54, 1.807) is 24.9 Å². The van der Waals surface area contributed by atoms with Crippen LogP contribution in [0, 0.1) is 5.92 Å². The van der Waals surface area contributed by atoms with E-state index < -0.39 is 0 Å². The standard InChI is InChI=1S/C16H23ClN2O2S/c1-21-8-7-19-6-5-12(11-19)10-18-16(20)14-9-13(22-2)3-4-15(14)17/h3-4,9,12H,5-8,10-11H2,1-2H3,(H,18,20)/t12-/m1/s1. The van der Waals surface area contributed by atoms with Gasteiger partial charge >= 0.3 is 0 Å². The van der Waals surface area contributed by atoms with Crippen LogP contribution >= 0.6 is 23.4 Å². The highest BCUT2D eigenvalue weighted by molar-refractivity contribution is 7.98. The molecule has 1 heterocycles. The van der Waals surface area contributed by atoms with Crippen LogP contribution in [-0.2, 0) is 4.74 Å². The van der Waals surface area contributed by atoms with Gasteiger partial charge in [-0.3, -0.25) is 4.79 Å². The number of methoxy groups -OCH3 is 1. The Kier molecular flexibility index (Phi) is 7.02. The molecule has 1 aromatic carbocycles. The van der Waals surface area contributed by atoms with Crippen LogP contribution in [0.1, 0.15) is 16.8 Å². The molecule has 1 atom stereocenters. The van der Waals surface area contributed by atoms with Crippen LogP contribution in [-0.4, -0.2) is 57.0 Å². The summed E-state index contributed by atoms with van der Waals surface area (Å²) in [7, 11) is 1.72. The van der Waals surface area contributed by atoms with E-state index in [4.69, 9.17) is 16.3 Å². The average Bonchev–Trinajstić information content (AvgIpc) is 2.99. The van der Waals surface area contributed by atoms with Gasteiger partial charge in [0.25, 0.3) is 5.91 Å². The van der Waals surface area contributed by atoms with Crippen molar-refractivity contribution in [3.05, 3.63) is 28.8 Å². The molecule has 1 amide bonds. The molecule has 0 spiro atoms. The third-order valence-electron chi connectivity index (χ3n) is 3.95. The molecule has 1 N–H and O–H groups in total. The van der Waals surface area contributed by atoms with Gasteiger partial charge in [-0.1, -0.05) is 11.6 Å². The molecular weight excluding hydrogens is 320 g/mol. The lowest BCUT2D eigenvalue weighted by molar-refractivity contribution is 0.0946.